The second-order valence-corrected chi connectivity index (χ2v) is 8.00. The van der Waals surface area contributed by atoms with Gasteiger partial charge in [-0.15, -0.1) is 10.2 Å². The summed E-state index contributed by atoms with van der Waals surface area (Å²) in [5, 5.41) is 13.8. The number of nitrogens with one attached hydrogen (secondary N) is 2. The summed E-state index contributed by atoms with van der Waals surface area (Å²) in [5.74, 6) is 0.994. The van der Waals surface area contributed by atoms with Crippen LogP contribution in [-0.2, 0) is 0 Å². The van der Waals surface area contributed by atoms with E-state index in [2.05, 4.69) is 35.0 Å². The molecule has 9 heteroatoms. The van der Waals surface area contributed by atoms with E-state index in [0.29, 0.717) is 29.1 Å². The molecule has 5 heterocycles. The van der Waals surface area contributed by atoms with Crippen LogP contribution in [0.1, 0.15) is 31.7 Å². The van der Waals surface area contributed by atoms with Gasteiger partial charge in [0.1, 0.15) is 5.65 Å². The standard InChI is InChI=1S/C23H20N8O/c32-21-11-14(7-10-25-21)18-5-6-20(30-29-18)27-23-26-12-17-16-8-9-24-13-19(16)31(22(17)28-23)15-3-1-2-4-15/h5-13,15H,1-4H2,(H,25,32)(H,26,27,28,30). The Bertz CT molecular complexity index is 1480. The first-order valence-corrected chi connectivity index (χ1v) is 10.7. The Morgan fingerprint density at radius 1 is 1.03 bits per heavy atom. The highest BCUT2D eigenvalue weighted by atomic mass is 16.1. The molecule has 0 bridgehead atoms. The van der Waals surface area contributed by atoms with Gasteiger partial charge in [0.15, 0.2) is 5.82 Å². The van der Waals surface area contributed by atoms with Crippen LogP contribution in [-0.4, -0.2) is 34.7 Å². The maximum absolute atomic E-state index is 11.5. The monoisotopic (exact) mass is 424 g/mol. The Labute approximate surface area is 182 Å². The first-order valence-electron chi connectivity index (χ1n) is 10.7. The molecule has 6 rings (SSSR count). The molecule has 0 amide bonds. The van der Waals surface area contributed by atoms with E-state index in [9.17, 15) is 4.79 Å². The largest absolute Gasteiger partial charge is 0.329 e. The van der Waals surface area contributed by atoms with Gasteiger partial charge in [-0.2, -0.15) is 4.98 Å². The molecule has 5 aromatic rings. The third-order valence-corrected chi connectivity index (χ3v) is 6.01. The van der Waals surface area contributed by atoms with E-state index in [0.717, 1.165) is 34.8 Å². The van der Waals surface area contributed by atoms with Crippen molar-refractivity contribution in [3.05, 3.63) is 65.5 Å². The summed E-state index contributed by atoms with van der Waals surface area (Å²) in [7, 11) is 0. The lowest BCUT2D eigenvalue weighted by molar-refractivity contribution is 0.546. The van der Waals surface area contributed by atoms with Crippen molar-refractivity contribution < 1.29 is 0 Å². The fourth-order valence-corrected chi connectivity index (χ4v) is 4.53. The van der Waals surface area contributed by atoms with Crippen LogP contribution in [0.2, 0.25) is 0 Å². The SMILES string of the molecule is O=c1cc(-c2ccc(Nc3ncc4c5ccncc5n(C5CCCC5)c4n3)nn2)cc[nH]1. The topological polar surface area (TPSA) is 114 Å². The third-order valence-electron chi connectivity index (χ3n) is 6.01. The summed E-state index contributed by atoms with van der Waals surface area (Å²) in [4.78, 5) is 27.8. The molecule has 0 saturated heterocycles. The average molecular weight is 424 g/mol. The number of pyridine rings is 2. The number of aromatic nitrogens is 7. The first kappa shape index (κ1) is 18.6. The molecule has 0 aliphatic heterocycles. The van der Waals surface area contributed by atoms with Crippen molar-refractivity contribution >= 4 is 33.7 Å². The third kappa shape index (κ3) is 3.18. The van der Waals surface area contributed by atoms with Crippen molar-refractivity contribution in [1.82, 2.24) is 34.7 Å². The van der Waals surface area contributed by atoms with Crippen molar-refractivity contribution in [2.75, 3.05) is 5.32 Å². The molecule has 0 radical (unpaired) electrons. The van der Waals surface area contributed by atoms with Crippen LogP contribution < -0.4 is 10.9 Å². The van der Waals surface area contributed by atoms with E-state index in [1.165, 1.54) is 18.9 Å². The minimum atomic E-state index is -0.180. The number of hydrogen-bond donors (Lipinski definition) is 2. The second kappa shape index (κ2) is 7.52. The number of aromatic amines is 1. The summed E-state index contributed by atoms with van der Waals surface area (Å²) in [6.07, 6.45) is 11.9. The van der Waals surface area contributed by atoms with Crippen molar-refractivity contribution in [3.8, 4) is 11.3 Å². The highest BCUT2D eigenvalue weighted by Crippen LogP contribution is 2.37. The highest BCUT2D eigenvalue weighted by Gasteiger charge is 2.23. The molecule has 1 saturated carbocycles. The van der Waals surface area contributed by atoms with E-state index in [1.54, 1.807) is 18.3 Å². The van der Waals surface area contributed by atoms with Crippen molar-refractivity contribution in [1.29, 1.82) is 0 Å². The zero-order valence-corrected chi connectivity index (χ0v) is 17.2. The zero-order chi connectivity index (χ0) is 21.5. The zero-order valence-electron chi connectivity index (χ0n) is 17.2. The van der Waals surface area contributed by atoms with Crippen molar-refractivity contribution in [3.63, 3.8) is 0 Å². The smallest absolute Gasteiger partial charge is 0.248 e. The number of anilines is 2. The molecule has 1 fully saturated rings. The molecule has 9 nitrogen and oxygen atoms in total. The number of hydrogen-bond acceptors (Lipinski definition) is 7. The molecule has 0 atom stereocenters. The van der Waals surface area contributed by atoms with Gasteiger partial charge in [-0.1, -0.05) is 12.8 Å². The van der Waals surface area contributed by atoms with E-state index < -0.39 is 0 Å². The van der Waals surface area contributed by atoms with Crippen LogP contribution in [0, 0.1) is 0 Å². The Morgan fingerprint density at radius 2 is 1.94 bits per heavy atom. The van der Waals surface area contributed by atoms with Gasteiger partial charge in [-0.3, -0.25) is 9.78 Å². The molecule has 0 aromatic carbocycles. The van der Waals surface area contributed by atoms with Gasteiger partial charge >= 0.3 is 0 Å². The van der Waals surface area contributed by atoms with E-state index in [4.69, 9.17) is 4.98 Å². The predicted octanol–water partition coefficient (Wildman–Crippen LogP) is 3.98. The van der Waals surface area contributed by atoms with Gasteiger partial charge in [0.2, 0.25) is 11.5 Å². The molecule has 5 aromatic heterocycles. The second-order valence-electron chi connectivity index (χ2n) is 8.00. The highest BCUT2D eigenvalue weighted by molar-refractivity contribution is 6.06. The summed E-state index contributed by atoms with van der Waals surface area (Å²) < 4.78 is 2.32. The van der Waals surface area contributed by atoms with E-state index in [1.807, 2.05) is 30.7 Å². The summed E-state index contributed by atoms with van der Waals surface area (Å²) in [5.41, 5.74) is 3.15. The molecule has 0 spiro atoms. The van der Waals surface area contributed by atoms with Gasteiger partial charge in [0.25, 0.3) is 0 Å². The Balaban J connectivity index is 1.36. The summed E-state index contributed by atoms with van der Waals surface area (Å²) in [6.45, 7) is 0. The first-order chi connectivity index (χ1) is 15.8. The molecule has 1 aliphatic rings. The lowest BCUT2D eigenvalue weighted by Crippen LogP contribution is -2.07. The molecule has 1 aliphatic carbocycles. The number of nitrogens with zero attached hydrogens (tertiary/aromatic N) is 6. The van der Waals surface area contributed by atoms with Crippen LogP contribution in [0.25, 0.3) is 33.2 Å². The number of H-pyrrole nitrogens is 1. The molecule has 32 heavy (non-hydrogen) atoms. The van der Waals surface area contributed by atoms with E-state index >= 15 is 0 Å². The van der Waals surface area contributed by atoms with Crippen molar-refractivity contribution in [2.45, 2.75) is 31.7 Å². The summed E-state index contributed by atoms with van der Waals surface area (Å²) in [6, 6.07) is 9.34. The van der Waals surface area contributed by atoms with Crippen LogP contribution in [0.3, 0.4) is 0 Å². The van der Waals surface area contributed by atoms with Crippen LogP contribution >= 0.6 is 0 Å². The molecular weight excluding hydrogens is 404 g/mol. The maximum atomic E-state index is 11.5. The Hall–Kier alpha value is -4.14. The molecular formula is C23H20N8O. The fraction of sp³-hybridized carbons (Fsp3) is 0.217. The van der Waals surface area contributed by atoms with Gasteiger partial charge in [-0.25, -0.2) is 4.98 Å². The molecule has 158 valence electrons. The Kier molecular flexibility index (Phi) is 4.38. The van der Waals surface area contributed by atoms with Crippen LogP contribution in [0.5, 0.6) is 0 Å². The average Bonchev–Trinajstić information content (AvgIpc) is 3.45. The van der Waals surface area contributed by atoms with E-state index in [-0.39, 0.29) is 5.56 Å². The molecule has 0 unspecified atom stereocenters. The lowest BCUT2D eigenvalue weighted by Gasteiger charge is -2.14. The predicted molar refractivity (Wildman–Crippen MR) is 122 cm³/mol. The van der Waals surface area contributed by atoms with Gasteiger partial charge in [-0.05, 0) is 37.1 Å². The molecule has 2 N–H and O–H groups in total. The minimum absolute atomic E-state index is 0.180. The minimum Gasteiger partial charge on any atom is -0.329 e. The summed E-state index contributed by atoms with van der Waals surface area (Å²) >= 11 is 0. The number of fused-ring (bicyclic) bond motifs is 3. The van der Waals surface area contributed by atoms with Gasteiger partial charge < -0.3 is 14.9 Å². The quantitative estimate of drug-likeness (QED) is 0.448. The van der Waals surface area contributed by atoms with Crippen LogP contribution in [0.15, 0.2) is 59.9 Å². The Morgan fingerprint density at radius 3 is 2.75 bits per heavy atom. The van der Waals surface area contributed by atoms with Gasteiger partial charge in [0.05, 0.1) is 17.4 Å². The van der Waals surface area contributed by atoms with Gasteiger partial charge in [0, 0.05) is 47.0 Å². The van der Waals surface area contributed by atoms with Crippen molar-refractivity contribution in [2.24, 2.45) is 0 Å². The maximum Gasteiger partial charge on any atom is 0.248 e. The number of rotatable bonds is 4. The normalized spacial score (nSPS) is 14.4. The fourth-order valence-electron chi connectivity index (χ4n) is 4.53. The lowest BCUT2D eigenvalue weighted by atomic mass is 10.2. The van der Waals surface area contributed by atoms with Crippen LogP contribution in [0.4, 0.5) is 11.8 Å².